The molecule has 2 aliphatic rings. The van der Waals surface area contributed by atoms with E-state index in [1.807, 2.05) is 0 Å². The molecule has 0 aromatic rings. The summed E-state index contributed by atoms with van der Waals surface area (Å²) in [5.41, 5.74) is -0.655. The summed E-state index contributed by atoms with van der Waals surface area (Å²) in [6.45, 7) is 0.662. The van der Waals surface area contributed by atoms with Crippen molar-refractivity contribution in [2.75, 3.05) is 20.8 Å². The predicted octanol–water partition coefficient (Wildman–Crippen LogP) is 1.18. The van der Waals surface area contributed by atoms with E-state index in [0.717, 1.165) is 12.8 Å². The number of hydrogen-bond donors (Lipinski definition) is 0. The molecule has 1 fully saturated rings. The summed E-state index contributed by atoms with van der Waals surface area (Å²) in [6, 6.07) is 0. The quantitative estimate of drug-likeness (QED) is 0.686. The van der Waals surface area contributed by atoms with Gasteiger partial charge < -0.3 is 14.2 Å². The minimum atomic E-state index is -0.655. The topological polar surface area (TPSA) is 44.8 Å². The van der Waals surface area contributed by atoms with Crippen molar-refractivity contribution in [3.63, 3.8) is 0 Å². The van der Waals surface area contributed by atoms with Crippen molar-refractivity contribution in [3.8, 4) is 0 Å². The van der Waals surface area contributed by atoms with Gasteiger partial charge in [0.25, 0.3) is 0 Å². The summed E-state index contributed by atoms with van der Waals surface area (Å²) in [5.74, 6) is 0.971. The van der Waals surface area contributed by atoms with E-state index in [1.165, 1.54) is 12.2 Å². The molecule has 1 saturated heterocycles. The Morgan fingerprint density at radius 1 is 1.27 bits per heavy atom. The second-order valence-electron chi connectivity index (χ2n) is 3.61. The monoisotopic (exact) mass is 210 g/mol. The number of allylic oxidation sites excluding steroid dienone is 2. The van der Waals surface area contributed by atoms with E-state index in [2.05, 4.69) is 0 Å². The second-order valence-corrected chi connectivity index (χ2v) is 3.61. The zero-order valence-electron chi connectivity index (χ0n) is 8.91. The molecule has 0 radical (unpaired) electrons. The van der Waals surface area contributed by atoms with E-state index in [1.54, 1.807) is 14.2 Å². The standard InChI is InChI=1S/C11H14O4/c1-13-9-6-8(12)7-10(14-2)11(9)4-3-5-15-11/h6-7H,3-5H2,1-2H3. The Kier molecular flexibility index (Phi) is 2.52. The molecule has 1 aliphatic heterocycles. The van der Waals surface area contributed by atoms with E-state index < -0.39 is 5.60 Å². The third kappa shape index (κ3) is 1.45. The first kappa shape index (κ1) is 10.2. The van der Waals surface area contributed by atoms with Crippen LogP contribution in [-0.2, 0) is 19.0 Å². The molecule has 0 N–H and O–H groups in total. The molecule has 0 unspecified atom stereocenters. The van der Waals surface area contributed by atoms with Crippen LogP contribution >= 0.6 is 0 Å². The number of hydrogen-bond acceptors (Lipinski definition) is 4. The van der Waals surface area contributed by atoms with E-state index >= 15 is 0 Å². The van der Waals surface area contributed by atoms with E-state index in [9.17, 15) is 4.79 Å². The summed E-state index contributed by atoms with van der Waals surface area (Å²) in [4.78, 5) is 11.4. The van der Waals surface area contributed by atoms with Crippen molar-refractivity contribution in [3.05, 3.63) is 23.7 Å². The zero-order valence-corrected chi connectivity index (χ0v) is 8.91. The fourth-order valence-corrected chi connectivity index (χ4v) is 2.13. The van der Waals surface area contributed by atoms with Gasteiger partial charge in [-0.05, 0) is 12.8 Å². The van der Waals surface area contributed by atoms with E-state index in [-0.39, 0.29) is 5.78 Å². The predicted molar refractivity (Wildman–Crippen MR) is 53.1 cm³/mol. The highest BCUT2D eigenvalue weighted by molar-refractivity contribution is 6.01. The van der Waals surface area contributed by atoms with Crippen LogP contribution in [0.5, 0.6) is 0 Å². The smallest absolute Gasteiger partial charge is 0.185 e. The minimum absolute atomic E-state index is 0.121. The fourth-order valence-electron chi connectivity index (χ4n) is 2.13. The van der Waals surface area contributed by atoms with Crippen molar-refractivity contribution >= 4 is 5.78 Å². The van der Waals surface area contributed by atoms with Gasteiger partial charge >= 0.3 is 0 Å². The van der Waals surface area contributed by atoms with Gasteiger partial charge in [0.05, 0.1) is 14.2 Å². The molecule has 1 spiro atoms. The average molecular weight is 210 g/mol. The molecule has 0 atom stereocenters. The van der Waals surface area contributed by atoms with Gasteiger partial charge in [-0.1, -0.05) is 0 Å². The number of ether oxygens (including phenoxy) is 3. The lowest BCUT2D eigenvalue weighted by Gasteiger charge is -2.32. The van der Waals surface area contributed by atoms with Crippen molar-refractivity contribution < 1.29 is 19.0 Å². The average Bonchev–Trinajstić information content (AvgIpc) is 2.71. The molecule has 0 aromatic heterocycles. The Bertz CT molecular complexity index is 308. The molecule has 4 nitrogen and oxygen atoms in total. The molecular formula is C11H14O4. The molecule has 2 rings (SSSR count). The zero-order chi connectivity index (χ0) is 10.9. The van der Waals surface area contributed by atoms with Crippen LogP contribution in [0.15, 0.2) is 23.7 Å². The highest BCUT2D eigenvalue weighted by atomic mass is 16.6. The van der Waals surface area contributed by atoms with Crippen LogP contribution in [0.25, 0.3) is 0 Å². The molecule has 15 heavy (non-hydrogen) atoms. The molecule has 4 heteroatoms. The largest absolute Gasteiger partial charge is 0.497 e. The molecule has 82 valence electrons. The van der Waals surface area contributed by atoms with E-state index in [4.69, 9.17) is 14.2 Å². The Labute approximate surface area is 88.5 Å². The van der Waals surface area contributed by atoms with Crippen LogP contribution in [0.2, 0.25) is 0 Å². The van der Waals surface area contributed by atoms with Gasteiger partial charge in [0.1, 0.15) is 11.5 Å². The van der Waals surface area contributed by atoms with Gasteiger partial charge in [-0.25, -0.2) is 0 Å². The van der Waals surface area contributed by atoms with Gasteiger partial charge in [0.15, 0.2) is 11.4 Å². The van der Waals surface area contributed by atoms with Crippen LogP contribution in [0, 0.1) is 0 Å². The first-order valence-corrected chi connectivity index (χ1v) is 4.93. The molecular weight excluding hydrogens is 196 g/mol. The van der Waals surface area contributed by atoms with Crippen LogP contribution < -0.4 is 0 Å². The van der Waals surface area contributed by atoms with Crippen LogP contribution in [-0.4, -0.2) is 32.2 Å². The van der Waals surface area contributed by atoms with Gasteiger partial charge in [-0.2, -0.15) is 0 Å². The van der Waals surface area contributed by atoms with Crippen molar-refractivity contribution in [2.45, 2.75) is 18.4 Å². The lowest BCUT2D eigenvalue weighted by molar-refractivity contribution is -0.112. The lowest BCUT2D eigenvalue weighted by Crippen LogP contribution is -2.37. The maximum absolute atomic E-state index is 11.4. The molecule has 0 saturated carbocycles. The lowest BCUT2D eigenvalue weighted by atomic mass is 9.90. The van der Waals surface area contributed by atoms with Gasteiger partial charge in [0.2, 0.25) is 0 Å². The molecule has 1 aliphatic carbocycles. The highest BCUT2D eigenvalue weighted by Crippen LogP contribution is 2.41. The van der Waals surface area contributed by atoms with Crippen LogP contribution in [0.1, 0.15) is 12.8 Å². The number of carbonyl (C=O) groups is 1. The Hall–Kier alpha value is -1.29. The first-order chi connectivity index (χ1) is 7.23. The van der Waals surface area contributed by atoms with Crippen LogP contribution in [0.3, 0.4) is 0 Å². The summed E-state index contributed by atoms with van der Waals surface area (Å²) >= 11 is 0. The SMILES string of the molecule is COC1=CC(=O)C=C(OC)C12CCCO2. The normalized spacial score (nSPS) is 23.7. The van der Waals surface area contributed by atoms with E-state index in [0.29, 0.717) is 18.1 Å². The number of ketones is 1. The van der Waals surface area contributed by atoms with Gasteiger partial charge in [-0.3, -0.25) is 4.79 Å². The Balaban J connectivity index is 2.42. The highest BCUT2D eigenvalue weighted by Gasteiger charge is 2.47. The van der Waals surface area contributed by atoms with Crippen molar-refractivity contribution in [1.82, 2.24) is 0 Å². The van der Waals surface area contributed by atoms with Crippen LogP contribution in [0.4, 0.5) is 0 Å². The first-order valence-electron chi connectivity index (χ1n) is 4.93. The second kappa shape index (κ2) is 3.70. The summed E-state index contributed by atoms with van der Waals surface area (Å²) in [6.07, 6.45) is 4.66. The maximum Gasteiger partial charge on any atom is 0.185 e. The fraction of sp³-hybridized carbons (Fsp3) is 0.545. The maximum atomic E-state index is 11.4. The molecule has 0 bridgehead atoms. The Morgan fingerprint density at radius 3 is 2.27 bits per heavy atom. The Morgan fingerprint density at radius 2 is 1.87 bits per heavy atom. The summed E-state index contributed by atoms with van der Waals surface area (Å²) in [5, 5.41) is 0. The number of methoxy groups -OCH3 is 2. The molecule has 0 amide bonds. The van der Waals surface area contributed by atoms with Crippen molar-refractivity contribution in [2.24, 2.45) is 0 Å². The summed E-state index contributed by atoms with van der Waals surface area (Å²) in [7, 11) is 3.09. The third-order valence-electron chi connectivity index (χ3n) is 2.80. The third-order valence-corrected chi connectivity index (χ3v) is 2.80. The van der Waals surface area contributed by atoms with Gasteiger partial charge in [-0.15, -0.1) is 0 Å². The minimum Gasteiger partial charge on any atom is -0.497 e. The molecule has 0 aromatic carbocycles. The molecule has 1 heterocycles. The van der Waals surface area contributed by atoms with Gasteiger partial charge in [0, 0.05) is 18.8 Å². The number of carbonyl (C=O) groups excluding carboxylic acids is 1. The number of rotatable bonds is 2. The summed E-state index contributed by atoms with van der Waals surface area (Å²) < 4.78 is 16.1. The van der Waals surface area contributed by atoms with Crippen molar-refractivity contribution in [1.29, 1.82) is 0 Å².